The van der Waals surface area contributed by atoms with Gasteiger partial charge in [0.2, 0.25) is 0 Å². The standard InChI is InChI=1S/C6H9ClN2O2S/c1-3-5-8-4-6(9(5)2)12(7,10)11/h4H,3H2,1-2H3. The fraction of sp³-hybridized carbons (Fsp3) is 0.500. The summed E-state index contributed by atoms with van der Waals surface area (Å²) in [4.78, 5) is 3.90. The predicted molar refractivity (Wildman–Crippen MR) is 45.6 cm³/mol. The van der Waals surface area contributed by atoms with Crippen molar-refractivity contribution in [2.24, 2.45) is 7.05 Å². The van der Waals surface area contributed by atoms with Crippen LogP contribution < -0.4 is 0 Å². The summed E-state index contributed by atoms with van der Waals surface area (Å²) in [6.45, 7) is 1.90. The largest absolute Gasteiger partial charge is 0.321 e. The van der Waals surface area contributed by atoms with E-state index in [1.807, 2.05) is 6.92 Å². The predicted octanol–water partition coefficient (Wildman–Crippen LogP) is 0.910. The van der Waals surface area contributed by atoms with Gasteiger partial charge < -0.3 is 4.57 Å². The van der Waals surface area contributed by atoms with Crippen molar-refractivity contribution in [3.8, 4) is 0 Å². The molecule has 0 aliphatic carbocycles. The van der Waals surface area contributed by atoms with Gasteiger partial charge in [0.15, 0.2) is 5.03 Å². The summed E-state index contributed by atoms with van der Waals surface area (Å²) < 4.78 is 23.2. The van der Waals surface area contributed by atoms with E-state index in [0.717, 1.165) is 0 Å². The number of hydrogen-bond donors (Lipinski definition) is 0. The molecule has 0 aliphatic heterocycles. The van der Waals surface area contributed by atoms with Gasteiger partial charge in [0.25, 0.3) is 9.05 Å². The molecule has 4 nitrogen and oxygen atoms in total. The number of halogens is 1. The summed E-state index contributed by atoms with van der Waals surface area (Å²) in [6.07, 6.45) is 1.95. The van der Waals surface area contributed by atoms with Gasteiger partial charge in [-0.15, -0.1) is 0 Å². The molecule has 6 heteroatoms. The fourth-order valence-corrected chi connectivity index (χ4v) is 2.03. The Labute approximate surface area is 75.6 Å². The molecule has 0 unspecified atom stereocenters. The molecule has 0 aliphatic rings. The first-order chi connectivity index (χ1) is 5.46. The summed E-state index contributed by atoms with van der Waals surface area (Å²) in [5, 5.41) is 0.0426. The minimum atomic E-state index is -3.65. The second kappa shape index (κ2) is 3.06. The Hall–Kier alpha value is -0.550. The molecule has 68 valence electrons. The SMILES string of the molecule is CCc1ncc(S(=O)(=O)Cl)n1C. The third-order valence-corrected chi connectivity index (χ3v) is 2.96. The fourth-order valence-electron chi connectivity index (χ4n) is 0.985. The van der Waals surface area contributed by atoms with Crippen LogP contribution in [0.1, 0.15) is 12.7 Å². The zero-order valence-electron chi connectivity index (χ0n) is 6.78. The Morgan fingerprint density at radius 2 is 2.25 bits per heavy atom. The van der Waals surface area contributed by atoms with Crippen LogP contribution in [-0.4, -0.2) is 18.0 Å². The van der Waals surface area contributed by atoms with Crippen LogP contribution in [0.15, 0.2) is 11.2 Å². The van der Waals surface area contributed by atoms with E-state index in [2.05, 4.69) is 4.98 Å². The van der Waals surface area contributed by atoms with E-state index >= 15 is 0 Å². The summed E-state index contributed by atoms with van der Waals surface area (Å²) >= 11 is 0. The molecule has 0 spiro atoms. The molecule has 0 fully saturated rings. The molecule has 0 atom stereocenters. The highest BCUT2D eigenvalue weighted by Crippen LogP contribution is 2.14. The van der Waals surface area contributed by atoms with Gasteiger partial charge in [0.05, 0.1) is 6.20 Å². The Bertz CT molecular complexity index is 382. The highest BCUT2D eigenvalue weighted by Gasteiger charge is 2.16. The highest BCUT2D eigenvalue weighted by atomic mass is 35.7. The lowest BCUT2D eigenvalue weighted by atomic mass is 10.5. The molecule has 1 aromatic heterocycles. The van der Waals surface area contributed by atoms with Crippen LogP contribution >= 0.6 is 10.7 Å². The van der Waals surface area contributed by atoms with E-state index in [1.54, 1.807) is 7.05 Å². The molecule has 0 N–H and O–H groups in total. The molecular formula is C6H9ClN2O2S. The van der Waals surface area contributed by atoms with E-state index in [4.69, 9.17) is 10.7 Å². The zero-order chi connectivity index (χ0) is 9.35. The van der Waals surface area contributed by atoms with Gasteiger partial charge in [-0.2, -0.15) is 0 Å². The molecule has 0 radical (unpaired) electrons. The number of aromatic nitrogens is 2. The molecule has 0 amide bonds. The molecule has 0 saturated heterocycles. The lowest BCUT2D eigenvalue weighted by Gasteiger charge is -1.99. The summed E-state index contributed by atoms with van der Waals surface area (Å²) in [5.41, 5.74) is 0. The summed E-state index contributed by atoms with van der Waals surface area (Å²) in [5.74, 6) is 0.703. The highest BCUT2D eigenvalue weighted by molar-refractivity contribution is 8.13. The second-order valence-electron chi connectivity index (χ2n) is 2.36. The lowest BCUT2D eigenvalue weighted by molar-refractivity contribution is 0.597. The van der Waals surface area contributed by atoms with Crippen molar-refractivity contribution in [1.82, 2.24) is 9.55 Å². The molecule has 1 heterocycles. The van der Waals surface area contributed by atoms with Crippen molar-refractivity contribution in [3.63, 3.8) is 0 Å². The maximum Gasteiger partial charge on any atom is 0.278 e. The molecular weight excluding hydrogens is 200 g/mol. The van der Waals surface area contributed by atoms with Crippen molar-refractivity contribution in [2.75, 3.05) is 0 Å². The summed E-state index contributed by atoms with van der Waals surface area (Å²) in [6, 6.07) is 0. The first-order valence-electron chi connectivity index (χ1n) is 3.42. The van der Waals surface area contributed by atoms with Crippen LogP contribution in [-0.2, 0) is 22.5 Å². The minimum Gasteiger partial charge on any atom is -0.321 e. The van der Waals surface area contributed by atoms with E-state index in [0.29, 0.717) is 12.2 Å². The molecule has 0 aromatic carbocycles. The smallest absolute Gasteiger partial charge is 0.278 e. The average molecular weight is 209 g/mol. The Kier molecular flexibility index (Phi) is 2.44. The van der Waals surface area contributed by atoms with Crippen LogP contribution in [0.4, 0.5) is 0 Å². The van der Waals surface area contributed by atoms with E-state index < -0.39 is 9.05 Å². The molecule has 0 bridgehead atoms. The number of imidazole rings is 1. The summed E-state index contributed by atoms with van der Waals surface area (Å²) in [7, 11) is 3.12. The van der Waals surface area contributed by atoms with Crippen molar-refractivity contribution < 1.29 is 8.42 Å². The van der Waals surface area contributed by atoms with Crippen LogP contribution in [0.25, 0.3) is 0 Å². The van der Waals surface area contributed by atoms with Crippen LogP contribution in [0.3, 0.4) is 0 Å². The van der Waals surface area contributed by atoms with Gasteiger partial charge in [-0.3, -0.25) is 0 Å². The van der Waals surface area contributed by atoms with Crippen LogP contribution in [0, 0.1) is 0 Å². The van der Waals surface area contributed by atoms with Crippen molar-refractivity contribution in [1.29, 1.82) is 0 Å². The Morgan fingerprint density at radius 1 is 1.67 bits per heavy atom. The van der Waals surface area contributed by atoms with Crippen molar-refractivity contribution in [3.05, 3.63) is 12.0 Å². The van der Waals surface area contributed by atoms with E-state index in [1.165, 1.54) is 10.8 Å². The van der Waals surface area contributed by atoms with E-state index in [9.17, 15) is 8.42 Å². The van der Waals surface area contributed by atoms with E-state index in [-0.39, 0.29) is 5.03 Å². The Morgan fingerprint density at radius 3 is 2.50 bits per heavy atom. The van der Waals surface area contributed by atoms with Gasteiger partial charge in [-0.25, -0.2) is 13.4 Å². The van der Waals surface area contributed by atoms with Gasteiger partial charge in [-0.05, 0) is 0 Å². The quantitative estimate of drug-likeness (QED) is 0.679. The average Bonchev–Trinajstić information content (AvgIpc) is 2.29. The minimum absolute atomic E-state index is 0.0426. The second-order valence-corrected chi connectivity index (χ2v) is 4.88. The third-order valence-electron chi connectivity index (χ3n) is 1.61. The van der Waals surface area contributed by atoms with Gasteiger partial charge in [-0.1, -0.05) is 6.92 Å². The molecule has 1 aromatic rings. The van der Waals surface area contributed by atoms with Gasteiger partial charge in [0, 0.05) is 24.2 Å². The first kappa shape index (κ1) is 9.54. The lowest BCUT2D eigenvalue weighted by Crippen LogP contribution is -2.03. The normalized spacial score (nSPS) is 11.9. The molecule has 12 heavy (non-hydrogen) atoms. The molecule has 1 rings (SSSR count). The monoisotopic (exact) mass is 208 g/mol. The zero-order valence-corrected chi connectivity index (χ0v) is 8.35. The number of aryl methyl sites for hydroxylation is 1. The maximum atomic E-state index is 10.9. The van der Waals surface area contributed by atoms with Crippen LogP contribution in [0.2, 0.25) is 0 Å². The number of nitrogens with zero attached hydrogens (tertiary/aromatic N) is 2. The van der Waals surface area contributed by atoms with Crippen molar-refractivity contribution in [2.45, 2.75) is 18.4 Å². The molecule has 0 saturated carbocycles. The topological polar surface area (TPSA) is 52.0 Å². The van der Waals surface area contributed by atoms with Crippen molar-refractivity contribution >= 4 is 19.7 Å². The Balaban J connectivity index is 3.30. The third kappa shape index (κ3) is 1.61. The number of hydrogen-bond acceptors (Lipinski definition) is 3. The number of rotatable bonds is 2. The van der Waals surface area contributed by atoms with Gasteiger partial charge >= 0.3 is 0 Å². The maximum absolute atomic E-state index is 10.9. The first-order valence-corrected chi connectivity index (χ1v) is 5.73. The van der Waals surface area contributed by atoms with Gasteiger partial charge in [0.1, 0.15) is 5.82 Å². The van der Waals surface area contributed by atoms with Crippen LogP contribution in [0.5, 0.6) is 0 Å².